The molecule has 4 heteroatoms. The van der Waals surface area contributed by atoms with Crippen LogP contribution in [0.3, 0.4) is 0 Å². The summed E-state index contributed by atoms with van der Waals surface area (Å²) in [4.78, 5) is -1.58. The quantitative estimate of drug-likeness (QED) is 0.0619. The fraction of sp³-hybridized carbons (Fsp3) is 0.355. The molecule has 35 heavy (non-hydrogen) atoms. The SMILES string of the molecule is COC(CCCCC/C=C\CCC[I-][P+](c1ccccc1)(c1ccccc1)c1ccccc1)OC. The summed E-state index contributed by atoms with van der Waals surface area (Å²) in [5.41, 5.74) is 0. The van der Waals surface area contributed by atoms with Crippen LogP contribution in [0.5, 0.6) is 0 Å². The first-order valence-corrected chi connectivity index (χ1v) is 18.8. The number of unbranched alkanes of at least 4 members (excludes halogenated alkanes) is 4. The molecule has 0 aromatic heterocycles. The minimum atomic E-state index is -1.58. The van der Waals surface area contributed by atoms with Crippen molar-refractivity contribution in [1.29, 1.82) is 0 Å². The first-order valence-electron chi connectivity index (χ1n) is 12.7. The van der Waals surface area contributed by atoms with Gasteiger partial charge in [0, 0.05) is 14.2 Å². The molecule has 0 aliphatic carbocycles. The second kappa shape index (κ2) is 16.3. The van der Waals surface area contributed by atoms with E-state index in [1.807, 2.05) is 0 Å². The molecule has 2 nitrogen and oxygen atoms in total. The number of rotatable bonds is 16. The first-order chi connectivity index (χ1) is 17.3. The van der Waals surface area contributed by atoms with E-state index >= 15 is 0 Å². The van der Waals surface area contributed by atoms with Crippen LogP contribution in [0.25, 0.3) is 0 Å². The molecule has 3 aromatic carbocycles. The average molecular weight is 603 g/mol. The predicted octanol–water partition coefficient (Wildman–Crippen LogP) is 3.89. The Labute approximate surface area is 223 Å². The van der Waals surface area contributed by atoms with Crippen LogP contribution in [-0.2, 0) is 9.47 Å². The zero-order valence-corrected chi connectivity index (χ0v) is 24.2. The minimum absolute atomic E-state index is 0.0496. The van der Waals surface area contributed by atoms with Crippen LogP contribution >= 0.6 is 4.90 Å². The first kappa shape index (κ1) is 28.1. The van der Waals surface area contributed by atoms with Gasteiger partial charge < -0.3 is 0 Å². The molecule has 0 saturated carbocycles. The van der Waals surface area contributed by atoms with Gasteiger partial charge in [0.2, 0.25) is 0 Å². The van der Waals surface area contributed by atoms with E-state index in [0.717, 1.165) is 12.8 Å². The Bertz CT molecular complexity index is 862. The third-order valence-corrected chi connectivity index (χ3v) is 20.0. The molecule has 0 aliphatic heterocycles. The molecule has 0 saturated heterocycles. The molecule has 0 aliphatic rings. The van der Waals surface area contributed by atoms with Crippen LogP contribution in [0.15, 0.2) is 103 Å². The van der Waals surface area contributed by atoms with Gasteiger partial charge in [0.25, 0.3) is 0 Å². The Hall–Kier alpha value is -1.52. The third kappa shape index (κ3) is 8.53. The fourth-order valence-electron chi connectivity index (χ4n) is 4.25. The van der Waals surface area contributed by atoms with E-state index in [9.17, 15) is 0 Å². The van der Waals surface area contributed by atoms with Crippen LogP contribution in [0, 0.1) is 0 Å². The second-order valence-electron chi connectivity index (χ2n) is 8.56. The fourth-order valence-corrected chi connectivity index (χ4v) is 17.8. The average Bonchev–Trinajstić information content (AvgIpc) is 2.93. The van der Waals surface area contributed by atoms with Gasteiger partial charge in [-0.3, -0.25) is 0 Å². The Morgan fingerprint density at radius 2 is 1.09 bits per heavy atom. The number of alkyl halides is 1. The molecule has 0 bridgehead atoms. The molecule has 0 amide bonds. The van der Waals surface area contributed by atoms with E-state index in [0.29, 0.717) is 0 Å². The van der Waals surface area contributed by atoms with Gasteiger partial charge in [-0.1, -0.05) is 0 Å². The molecule has 3 rings (SSSR count). The van der Waals surface area contributed by atoms with E-state index in [1.54, 1.807) is 14.2 Å². The Kier molecular flexibility index (Phi) is 13.0. The molecule has 188 valence electrons. The van der Waals surface area contributed by atoms with Crippen molar-refractivity contribution in [1.82, 2.24) is 0 Å². The topological polar surface area (TPSA) is 18.5 Å². The summed E-state index contributed by atoms with van der Waals surface area (Å²) in [5, 5.41) is 4.60. The van der Waals surface area contributed by atoms with Crippen molar-refractivity contribution in [2.75, 3.05) is 18.6 Å². The van der Waals surface area contributed by atoms with Gasteiger partial charge in [-0.2, -0.15) is 0 Å². The maximum atomic E-state index is 5.26. The van der Waals surface area contributed by atoms with E-state index in [1.165, 1.54) is 52.4 Å². The zero-order valence-electron chi connectivity index (χ0n) is 21.2. The van der Waals surface area contributed by atoms with Crippen molar-refractivity contribution in [2.24, 2.45) is 0 Å². The monoisotopic (exact) mass is 602 g/mol. The summed E-state index contributed by atoms with van der Waals surface area (Å²) in [5.74, 6) is 0. The maximum absolute atomic E-state index is 5.26. The molecular weight excluding hydrogens is 562 g/mol. The van der Waals surface area contributed by atoms with E-state index < -0.39 is 4.90 Å². The van der Waals surface area contributed by atoms with Gasteiger partial charge in [0.05, 0.1) is 0 Å². The number of allylic oxidation sites excluding steroid dienone is 2. The number of ether oxygens (including phenoxy) is 2. The number of hydrogen-bond acceptors (Lipinski definition) is 2. The summed E-state index contributed by atoms with van der Waals surface area (Å²) >= 11 is -0.0548. The molecule has 0 N–H and O–H groups in total. The molecule has 0 spiro atoms. The summed E-state index contributed by atoms with van der Waals surface area (Å²) in [6.07, 6.45) is 13.0. The van der Waals surface area contributed by atoms with E-state index in [2.05, 4.69) is 103 Å². The van der Waals surface area contributed by atoms with Crippen LogP contribution in [-0.4, -0.2) is 24.9 Å². The van der Waals surface area contributed by atoms with E-state index in [4.69, 9.17) is 9.47 Å². The normalized spacial score (nSPS) is 12.1. The van der Waals surface area contributed by atoms with Crippen molar-refractivity contribution in [3.05, 3.63) is 103 Å². The summed E-state index contributed by atoms with van der Waals surface area (Å²) in [6, 6.07) is 33.9. The smallest absolute Gasteiger partial charge is 0.0386 e. The number of halogens is 1. The predicted molar refractivity (Wildman–Crippen MR) is 149 cm³/mol. The number of benzene rings is 3. The van der Waals surface area contributed by atoms with Crippen LogP contribution in [0.2, 0.25) is 0 Å². The summed E-state index contributed by atoms with van der Waals surface area (Å²) in [6.45, 7) is 0. The van der Waals surface area contributed by atoms with E-state index in [-0.39, 0.29) is 26.9 Å². The van der Waals surface area contributed by atoms with Crippen LogP contribution < -0.4 is 36.6 Å². The second-order valence-corrected chi connectivity index (χ2v) is 19.0. The molecule has 0 atom stereocenters. The van der Waals surface area contributed by atoms with Gasteiger partial charge in [-0.25, -0.2) is 0 Å². The van der Waals surface area contributed by atoms with Crippen molar-refractivity contribution in [3.8, 4) is 0 Å². The number of methoxy groups -OCH3 is 2. The van der Waals surface area contributed by atoms with Gasteiger partial charge >= 0.3 is 210 Å². The van der Waals surface area contributed by atoms with Crippen molar-refractivity contribution >= 4 is 20.8 Å². The Balaban J connectivity index is 1.57. The molecular formula is C31H40IO2P. The molecule has 0 heterocycles. The zero-order chi connectivity index (χ0) is 24.6. The summed E-state index contributed by atoms with van der Waals surface area (Å²) in [7, 11) is 3.43. The molecule has 0 radical (unpaired) electrons. The Morgan fingerprint density at radius 3 is 1.54 bits per heavy atom. The van der Waals surface area contributed by atoms with Crippen LogP contribution in [0.4, 0.5) is 0 Å². The Morgan fingerprint density at radius 1 is 0.629 bits per heavy atom. The van der Waals surface area contributed by atoms with Gasteiger partial charge in [-0.05, 0) is 0 Å². The van der Waals surface area contributed by atoms with Gasteiger partial charge in [0.15, 0.2) is 0 Å². The standard InChI is InChI=1S/C31H40IO2P/c1-33-31(34-2)26-18-7-5-3-4-6-8-19-27-32-35(28-20-12-9-13-21-28,29-22-14-10-15-23-29)30-24-16-11-17-25-30/h4,6,9-17,20-25,31H,3,5,7-8,18-19,26-27H2,1-2H3/b6-4-. The van der Waals surface area contributed by atoms with Crippen molar-refractivity contribution in [3.63, 3.8) is 0 Å². The molecule has 0 fully saturated rings. The third-order valence-electron chi connectivity index (χ3n) is 6.11. The molecule has 0 unspecified atom stereocenters. The van der Waals surface area contributed by atoms with Crippen molar-refractivity contribution < 1.29 is 30.1 Å². The van der Waals surface area contributed by atoms with Crippen molar-refractivity contribution in [2.45, 2.75) is 51.2 Å². The summed E-state index contributed by atoms with van der Waals surface area (Å²) < 4.78 is 11.9. The minimum Gasteiger partial charge on any atom is 0.0386 e. The molecule has 3 aromatic rings. The van der Waals surface area contributed by atoms with Gasteiger partial charge in [-0.15, -0.1) is 0 Å². The number of hydrogen-bond donors (Lipinski definition) is 0. The van der Waals surface area contributed by atoms with Crippen LogP contribution in [0.1, 0.15) is 44.9 Å². The van der Waals surface area contributed by atoms with Gasteiger partial charge in [0.1, 0.15) is 0 Å².